The largest absolute Gasteiger partial charge is 0.505 e. The summed E-state index contributed by atoms with van der Waals surface area (Å²) in [5, 5.41) is 9.06. The summed E-state index contributed by atoms with van der Waals surface area (Å²) in [7, 11) is 1.59. The Bertz CT molecular complexity index is 523. The van der Waals surface area contributed by atoms with Crippen LogP contribution in [0.1, 0.15) is 5.56 Å². The van der Waals surface area contributed by atoms with Crippen molar-refractivity contribution in [2.75, 3.05) is 7.11 Å². The van der Waals surface area contributed by atoms with Crippen molar-refractivity contribution in [3.8, 4) is 17.2 Å². The first kappa shape index (κ1) is 12.2. The highest BCUT2D eigenvalue weighted by molar-refractivity contribution is 5.32. The number of hydrogen-bond donors (Lipinski definition) is 1. The van der Waals surface area contributed by atoms with Crippen LogP contribution in [-0.4, -0.2) is 12.2 Å². The fourth-order valence-electron chi connectivity index (χ4n) is 1.48. The van der Waals surface area contributed by atoms with Crippen LogP contribution in [0.2, 0.25) is 0 Å². The first-order chi connectivity index (χ1) is 8.69. The fraction of sp³-hybridized carbons (Fsp3) is 0.143. The van der Waals surface area contributed by atoms with Crippen molar-refractivity contribution in [1.29, 1.82) is 0 Å². The van der Waals surface area contributed by atoms with Crippen molar-refractivity contribution in [2.24, 2.45) is 0 Å². The molecule has 0 saturated carbocycles. The number of phenolic OH excluding ortho intramolecular Hbond substituents is 1. The van der Waals surface area contributed by atoms with Gasteiger partial charge in [0.15, 0.2) is 11.6 Å². The molecule has 0 aliphatic rings. The zero-order chi connectivity index (χ0) is 13.0. The number of ether oxygens (including phenoxy) is 2. The summed E-state index contributed by atoms with van der Waals surface area (Å²) < 4.78 is 23.6. The van der Waals surface area contributed by atoms with Crippen LogP contribution < -0.4 is 9.47 Å². The summed E-state index contributed by atoms with van der Waals surface area (Å²) in [5.74, 6) is 0.413. The number of benzene rings is 2. The van der Waals surface area contributed by atoms with Crippen LogP contribution in [0.3, 0.4) is 0 Å². The van der Waals surface area contributed by atoms with Crippen LogP contribution in [0.25, 0.3) is 0 Å². The smallest absolute Gasteiger partial charge is 0.165 e. The van der Waals surface area contributed by atoms with Gasteiger partial charge in [-0.2, -0.15) is 0 Å². The summed E-state index contributed by atoms with van der Waals surface area (Å²) in [5.41, 5.74) is 0.654. The minimum atomic E-state index is -0.647. The van der Waals surface area contributed by atoms with Crippen molar-refractivity contribution >= 4 is 0 Å². The molecule has 0 amide bonds. The topological polar surface area (TPSA) is 38.7 Å². The van der Waals surface area contributed by atoms with Gasteiger partial charge in [0.05, 0.1) is 7.11 Å². The summed E-state index contributed by atoms with van der Waals surface area (Å²) in [6.07, 6.45) is 0. The van der Waals surface area contributed by atoms with Gasteiger partial charge in [0.2, 0.25) is 0 Å². The molecule has 1 N–H and O–H groups in total. The van der Waals surface area contributed by atoms with E-state index in [9.17, 15) is 4.39 Å². The van der Waals surface area contributed by atoms with E-state index in [-0.39, 0.29) is 12.4 Å². The molecule has 3 nitrogen and oxygen atoms in total. The monoisotopic (exact) mass is 248 g/mol. The predicted octanol–water partition coefficient (Wildman–Crippen LogP) is 3.12. The van der Waals surface area contributed by atoms with Crippen molar-refractivity contribution in [1.82, 2.24) is 0 Å². The SMILES string of the molecule is COc1ccc(OCc2ccc(O)c(F)c2)cc1. The van der Waals surface area contributed by atoms with Crippen LogP contribution >= 0.6 is 0 Å². The lowest BCUT2D eigenvalue weighted by atomic mass is 10.2. The Morgan fingerprint density at radius 3 is 2.33 bits per heavy atom. The molecule has 0 atom stereocenters. The third kappa shape index (κ3) is 2.91. The Balaban J connectivity index is 1.99. The van der Waals surface area contributed by atoms with Gasteiger partial charge in [-0.1, -0.05) is 6.07 Å². The maximum absolute atomic E-state index is 13.1. The minimum Gasteiger partial charge on any atom is -0.505 e. The molecule has 0 spiro atoms. The molecule has 0 radical (unpaired) electrons. The van der Waals surface area contributed by atoms with Crippen molar-refractivity contribution in [3.63, 3.8) is 0 Å². The van der Waals surface area contributed by atoms with Gasteiger partial charge in [-0.3, -0.25) is 0 Å². The van der Waals surface area contributed by atoms with Gasteiger partial charge in [-0.25, -0.2) is 4.39 Å². The maximum Gasteiger partial charge on any atom is 0.165 e. The molecule has 0 fully saturated rings. The van der Waals surface area contributed by atoms with E-state index in [1.54, 1.807) is 37.4 Å². The molecule has 0 aliphatic heterocycles. The predicted molar refractivity (Wildman–Crippen MR) is 65.4 cm³/mol. The molecule has 4 heteroatoms. The van der Waals surface area contributed by atoms with Gasteiger partial charge in [0, 0.05) is 0 Å². The first-order valence-corrected chi connectivity index (χ1v) is 5.43. The number of phenols is 1. The number of aromatic hydroxyl groups is 1. The molecule has 94 valence electrons. The third-order valence-corrected chi connectivity index (χ3v) is 2.48. The molecular formula is C14H13FO3. The van der Waals surface area contributed by atoms with E-state index in [1.165, 1.54) is 12.1 Å². The molecule has 0 bridgehead atoms. The Kier molecular flexibility index (Phi) is 3.67. The first-order valence-electron chi connectivity index (χ1n) is 5.43. The summed E-state index contributed by atoms with van der Waals surface area (Å²) in [6, 6.07) is 11.3. The number of methoxy groups -OCH3 is 1. The molecule has 2 aromatic carbocycles. The van der Waals surface area contributed by atoms with E-state index < -0.39 is 5.82 Å². The van der Waals surface area contributed by atoms with Crippen molar-refractivity contribution in [2.45, 2.75) is 6.61 Å². The van der Waals surface area contributed by atoms with E-state index >= 15 is 0 Å². The zero-order valence-electron chi connectivity index (χ0n) is 9.89. The lowest BCUT2D eigenvalue weighted by molar-refractivity contribution is 0.304. The molecule has 18 heavy (non-hydrogen) atoms. The van der Waals surface area contributed by atoms with Crippen molar-refractivity contribution < 1.29 is 19.0 Å². The second-order valence-corrected chi connectivity index (χ2v) is 3.75. The van der Waals surface area contributed by atoms with E-state index in [0.717, 1.165) is 5.75 Å². The Hall–Kier alpha value is -2.23. The van der Waals surface area contributed by atoms with Crippen molar-refractivity contribution in [3.05, 3.63) is 53.8 Å². The van der Waals surface area contributed by atoms with E-state index in [1.807, 2.05) is 0 Å². The van der Waals surface area contributed by atoms with Gasteiger partial charge >= 0.3 is 0 Å². The van der Waals surface area contributed by atoms with Gasteiger partial charge in [0.25, 0.3) is 0 Å². The fourth-order valence-corrected chi connectivity index (χ4v) is 1.48. The molecule has 2 rings (SSSR count). The second-order valence-electron chi connectivity index (χ2n) is 3.75. The maximum atomic E-state index is 13.1. The molecule has 0 saturated heterocycles. The molecule has 0 unspecified atom stereocenters. The number of halogens is 1. The normalized spacial score (nSPS) is 10.1. The second kappa shape index (κ2) is 5.40. The highest BCUT2D eigenvalue weighted by atomic mass is 19.1. The number of rotatable bonds is 4. The van der Waals surface area contributed by atoms with Crippen LogP contribution in [0.15, 0.2) is 42.5 Å². The van der Waals surface area contributed by atoms with E-state index in [0.29, 0.717) is 11.3 Å². The highest BCUT2D eigenvalue weighted by Crippen LogP contribution is 2.20. The average Bonchev–Trinajstić information content (AvgIpc) is 2.41. The van der Waals surface area contributed by atoms with Crippen LogP contribution in [0.5, 0.6) is 17.2 Å². The Morgan fingerprint density at radius 1 is 1.06 bits per heavy atom. The van der Waals surface area contributed by atoms with Crippen LogP contribution in [0.4, 0.5) is 4.39 Å². The molecule has 0 heterocycles. The van der Waals surface area contributed by atoms with Gasteiger partial charge < -0.3 is 14.6 Å². The third-order valence-electron chi connectivity index (χ3n) is 2.48. The molecular weight excluding hydrogens is 235 g/mol. The molecule has 0 aromatic heterocycles. The Morgan fingerprint density at radius 2 is 1.72 bits per heavy atom. The minimum absolute atomic E-state index is 0.240. The standard InChI is InChI=1S/C14H13FO3/c1-17-11-3-5-12(6-4-11)18-9-10-2-7-14(16)13(15)8-10/h2-8,16H,9H2,1H3. The summed E-state index contributed by atoms with van der Waals surface area (Å²) in [4.78, 5) is 0. The van der Waals surface area contributed by atoms with E-state index in [4.69, 9.17) is 14.6 Å². The van der Waals surface area contributed by atoms with Gasteiger partial charge in [-0.15, -0.1) is 0 Å². The summed E-state index contributed by atoms with van der Waals surface area (Å²) >= 11 is 0. The average molecular weight is 248 g/mol. The van der Waals surface area contributed by atoms with Gasteiger partial charge in [-0.05, 0) is 42.0 Å². The van der Waals surface area contributed by atoms with Gasteiger partial charge in [0.1, 0.15) is 18.1 Å². The highest BCUT2D eigenvalue weighted by Gasteiger charge is 2.02. The quantitative estimate of drug-likeness (QED) is 0.903. The lowest BCUT2D eigenvalue weighted by Gasteiger charge is -2.07. The molecule has 2 aromatic rings. The molecule has 0 aliphatic carbocycles. The number of hydrogen-bond acceptors (Lipinski definition) is 3. The van der Waals surface area contributed by atoms with E-state index in [2.05, 4.69) is 0 Å². The lowest BCUT2D eigenvalue weighted by Crippen LogP contribution is -1.96. The van der Waals surface area contributed by atoms with Crippen LogP contribution in [-0.2, 0) is 6.61 Å². The van der Waals surface area contributed by atoms with Crippen LogP contribution in [0, 0.1) is 5.82 Å². The zero-order valence-corrected chi connectivity index (χ0v) is 9.89. The Labute approximate surface area is 104 Å². The summed E-state index contributed by atoms with van der Waals surface area (Å²) in [6.45, 7) is 0.240.